The topological polar surface area (TPSA) is 137 Å². The van der Waals surface area contributed by atoms with Gasteiger partial charge >= 0.3 is 11.9 Å². The molecule has 3 aromatic carbocycles. The summed E-state index contributed by atoms with van der Waals surface area (Å²) in [6, 6.07) is 14.1. The summed E-state index contributed by atoms with van der Waals surface area (Å²) in [4.78, 5) is 24.1. The maximum absolute atomic E-state index is 11.4. The Balaban J connectivity index is 1.50. The lowest BCUT2D eigenvalue weighted by Crippen LogP contribution is -2.34. The highest BCUT2D eigenvalue weighted by Gasteiger charge is 2.17. The second-order valence-electron chi connectivity index (χ2n) is 12.3. The van der Waals surface area contributed by atoms with Gasteiger partial charge in [-0.05, 0) is 66.3 Å². The van der Waals surface area contributed by atoms with Crippen molar-refractivity contribution < 1.29 is 39.5 Å². The van der Waals surface area contributed by atoms with Crippen LogP contribution in [0.15, 0.2) is 48.5 Å². The van der Waals surface area contributed by atoms with E-state index in [1.165, 1.54) is 69.1 Å². The molecule has 0 fully saturated rings. The number of ether oxygens (including phenoxy) is 2. The van der Waals surface area contributed by atoms with Gasteiger partial charge in [0, 0.05) is 11.8 Å². The molecule has 4 N–H and O–H groups in total. The first-order chi connectivity index (χ1) is 22.8. The lowest BCUT2D eigenvalue weighted by Gasteiger charge is -2.22. The number of carboxylic acids is 2. The summed E-state index contributed by atoms with van der Waals surface area (Å²) in [5, 5.41) is 39.9. The van der Waals surface area contributed by atoms with Crippen LogP contribution in [0.3, 0.4) is 0 Å². The summed E-state index contributed by atoms with van der Waals surface area (Å²) in [6.07, 6.45) is 17.5. The van der Waals surface area contributed by atoms with E-state index in [1.54, 1.807) is 30.3 Å². The largest absolute Gasteiger partial charge is 0.504 e. The average Bonchev–Trinajstić information content (AvgIpc) is 3.03. The Morgan fingerprint density at radius 1 is 0.596 bits per heavy atom. The van der Waals surface area contributed by atoms with Gasteiger partial charge in [-0.2, -0.15) is 0 Å². The predicted octanol–water partition coefficient (Wildman–Crippen LogP) is 8.71. The van der Waals surface area contributed by atoms with Crippen molar-refractivity contribution in [1.29, 1.82) is 0 Å². The zero-order valence-corrected chi connectivity index (χ0v) is 27.9. The van der Waals surface area contributed by atoms with Gasteiger partial charge in [0.2, 0.25) is 0 Å². The predicted molar refractivity (Wildman–Crippen MR) is 186 cm³/mol. The molecule has 3 rings (SSSR count). The first-order valence-corrected chi connectivity index (χ1v) is 17.3. The molecule has 9 heteroatoms. The Labute approximate surface area is 279 Å². The van der Waals surface area contributed by atoms with Gasteiger partial charge in [0.1, 0.15) is 13.1 Å². The molecule has 0 radical (unpaired) electrons. The number of carbonyl (C=O) groups is 2. The van der Waals surface area contributed by atoms with Crippen LogP contribution in [0.25, 0.3) is 10.8 Å². The molecule has 0 spiro atoms. The van der Waals surface area contributed by atoms with Crippen LogP contribution in [0.4, 0.5) is 5.69 Å². The van der Waals surface area contributed by atoms with E-state index in [0.717, 1.165) is 48.4 Å². The fourth-order valence-electron chi connectivity index (χ4n) is 5.71. The van der Waals surface area contributed by atoms with E-state index in [2.05, 4.69) is 6.92 Å². The molecule has 0 aliphatic rings. The fourth-order valence-corrected chi connectivity index (χ4v) is 5.71. The number of hydrogen-bond acceptors (Lipinski definition) is 7. The normalized spacial score (nSPS) is 11.1. The highest BCUT2D eigenvalue weighted by molar-refractivity contribution is 5.86. The molecule has 0 atom stereocenters. The van der Waals surface area contributed by atoms with E-state index in [9.17, 15) is 30.0 Å². The van der Waals surface area contributed by atoms with E-state index in [-0.39, 0.29) is 11.5 Å². The highest BCUT2D eigenvalue weighted by Crippen LogP contribution is 2.33. The molecule has 3 aromatic rings. The van der Waals surface area contributed by atoms with Gasteiger partial charge in [0.25, 0.3) is 0 Å². The minimum absolute atomic E-state index is 0.141. The number of aliphatic carboxylic acids is 2. The van der Waals surface area contributed by atoms with Gasteiger partial charge in [0.05, 0.1) is 13.2 Å². The second-order valence-corrected chi connectivity index (χ2v) is 12.3. The quantitative estimate of drug-likeness (QED) is 0.0524. The number of unbranched alkanes of at least 4 members (excludes halogenated alkanes) is 12. The Morgan fingerprint density at radius 2 is 1.13 bits per heavy atom. The van der Waals surface area contributed by atoms with Crippen LogP contribution in [0.1, 0.15) is 102 Å². The number of hydrogen-bond donors (Lipinski definition) is 4. The third kappa shape index (κ3) is 14.0. The van der Waals surface area contributed by atoms with Gasteiger partial charge in [-0.25, -0.2) is 0 Å². The van der Waals surface area contributed by atoms with Crippen LogP contribution < -0.4 is 14.4 Å². The molecule has 0 saturated heterocycles. The SMILES string of the molecule is CCCCCCCCCCCCCCOc1ccc(N(CC(=O)O)CC(=O)O)cc1OCCCCc1ccc2cc(O)c(O)cc2c1. The number of phenolic OH excluding ortho intramolecular Hbond substituents is 2. The smallest absolute Gasteiger partial charge is 0.323 e. The molecule has 0 aliphatic heterocycles. The monoisotopic (exact) mass is 651 g/mol. The van der Waals surface area contributed by atoms with Crippen molar-refractivity contribution in [3.05, 3.63) is 54.1 Å². The number of carboxylic acid groups (broad SMARTS) is 2. The fraction of sp³-hybridized carbons (Fsp3) is 0.526. The summed E-state index contributed by atoms with van der Waals surface area (Å²) in [5.74, 6) is -1.52. The van der Waals surface area contributed by atoms with Crippen molar-refractivity contribution in [2.75, 3.05) is 31.2 Å². The first kappa shape index (κ1) is 37.3. The van der Waals surface area contributed by atoms with E-state index >= 15 is 0 Å². The minimum Gasteiger partial charge on any atom is -0.504 e. The zero-order valence-electron chi connectivity index (χ0n) is 27.9. The van der Waals surface area contributed by atoms with Crippen molar-refractivity contribution in [3.63, 3.8) is 0 Å². The van der Waals surface area contributed by atoms with Crippen LogP contribution >= 0.6 is 0 Å². The molecule has 0 unspecified atom stereocenters. The van der Waals surface area contributed by atoms with E-state index < -0.39 is 25.0 Å². The number of aromatic hydroxyl groups is 2. The number of aryl methyl sites for hydroxylation is 1. The number of fused-ring (bicyclic) bond motifs is 1. The van der Waals surface area contributed by atoms with Gasteiger partial charge in [-0.3, -0.25) is 9.59 Å². The summed E-state index contributed by atoms with van der Waals surface area (Å²) in [7, 11) is 0. The lowest BCUT2D eigenvalue weighted by atomic mass is 10.0. The van der Waals surface area contributed by atoms with Crippen LogP contribution in [-0.4, -0.2) is 58.7 Å². The highest BCUT2D eigenvalue weighted by atomic mass is 16.5. The molecule has 9 nitrogen and oxygen atoms in total. The third-order valence-electron chi connectivity index (χ3n) is 8.32. The number of nitrogens with zero attached hydrogens (tertiary/aromatic N) is 1. The number of benzene rings is 3. The van der Waals surface area contributed by atoms with E-state index in [0.29, 0.717) is 30.4 Å². The number of phenols is 2. The van der Waals surface area contributed by atoms with Crippen LogP contribution in [0.5, 0.6) is 23.0 Å². The first-order valence-electron chi connectivity index (χ1n) is 17.3. The molecule has 47 heavy (non-hydrogen) atoms. The third-order valence-corrected chi connectivity index (χ3v) is 8.32. The second kappa shape index (κ2) is 20.9. The van der Waals surface area contributed by atoms with Gasteiger partial charge in [0.15, 0.2) is 23.0 Å². The molecule has 0 heterocycles. The maximum atomic E-state index is 11.4. The summed E-state index contributed by atoms with van der Waals surface area (Å²) >= 11 is 0. The Kier molecular flexibility index (Phi) is 16.6. The average molecular weight is 652 g/mol. The van der Waals surface area contributed by atoms with Crippen molar-refractivity contribution in [3.8, 4) is 23.0 Å². The van der Waals surface area contributed by atoms with Crippen LogP contribution in [0.2, 0.25) is 0 Å². The van der Waals surface area contributed by atoms with Crippen molar-refractivity contribution in [2.24, 2.45) is 0 Å². The molecular formula is C38H53NO8. The van der Waals surface area contributed by atoms with Crippen molar-refractivity contribution in [2.45, 2.75) is 103 Å². The van der Waals surface area contributed by atoms with E-state index in [1.807, 2.05) is 18.2 Å². The standard InChI is InChI=1S/C38H53NO8/c1-2-3-4-5-6-7-8-9-10-11-12-14-21-46-35-20-19-32(39(27-37(42)43)28-38(44)45)26-36(35)47-22-15-13-16-29-17-18-30-24-33(40)34(41)25-31(30)23-29/h17-20,23-26,40-41H,2-16,21-22,27-28H2,1H3,(H,42,43)(H,44,45). The van der Waals surface area contributed by atoms with Crippen LogP contribution in [0, 0.1) is 0 Å². The summed E-state index contributed by atoms with van der Waals surface area (Å²) < 4.78 is 12.2. The summed E-state index contributed by atoms with van der Waals surface area (Å²) in [5.41, 5.74) is 1.54. The maximum Gasteiger partial charge on any atom is 0.323 e. The molecule has 258 valence electrons. The van der Waals surface area contributed by atoms with Gasteiger partial charge < -0.3 is 34.8 Å². The Morgan fingerprint density at radius 3 is 1.72 bits per heavy atom. The summed E-state index contributed by atoms with van der Waals surface area (Å²) in [6.45, 7) is 2.29. The van der Waals surface area contributed by atoms with Crippen LogP contribution in [-0.2, 0) is 16.0 Å². The Hall–Kier alpha value is -4.14. The molecule has 0 bridgehead atoms. The number of rotatable bonds is 25. The molecule has 0 saturated carbocycles. The van der Waals surface area contributed by atoms with Gasteiger partial charge in [-0.15, -0.1) is 0 Å². The molecular weight excluding hydrogens is 598 g/mol. The van der Waals surface area contributed by atoms with E-state index in [4.69, 9.17) is 9.47 Å². The number of anilines is 1. The molecule has 0 aliphatic carbocycles. The lowest BCUT2D eigenvalue weighted by molar-refractivity contribution is -0.136. The zero-order chi connectivity index (χ0) is 33.9. The van der Waals surface area contributed by atoms with Gasteiger partial charge in [-0.1, -0.05) is 95.8 Å². The minimum atomic E-state index is -1.12. The Bertz CT molecular complexity index is 1380. The molecule has 0 aromatic heterocycles. The van der Waals surface area contributed by atoms with Crippen molar-refractivity contribution >= 4 is 28.4 Å². The van der Waals surface area contributed by atoms with Crippen molar-refractivity contribution in [1.82, 2.24) is 0 Å². The molecule has 0 amide bonds.